The van der Waals surface area contributed by atoms with E-state index < -0.39 is 196 Å². The summed E-state index contributed by atoms with van der Waals surface area (Å²) in [4.78, 5) is 162. The number of hydrogen-bond acceptors (Lipinski definition) is 29. The normalized spacial score (nSPS) is 22.6. The molecule has 0 aromatic heterocycles. The van der Waals surface area contributed by atoms with Gasteiger partial charge in [-0.3, -0.25) is 9.59 Å². The molecule has 123 heavy (non-hydrogen) atoms. The largest absolute Gasteiger partial charge is 0.462 e. The predicted molar refractivity (Wildman–Crippen MR) is 428 cm³/mol. The number of benzene rings is 10. The maximum Gasteiger partial charge on any atom is 0.338 e. The fourth-order valence-electron chi connectivity index (χ4n) is 13.7. The molecule has 3 aliphatic heterocycles. The number of ether oxygens (including phenoxy) is 17. The quantitative estimate of drug-likeness (QED) is 0.0302. The van der Waals surface area contributed by atoms with E-state index in [4.69, 9.17) is 80.5 Å². The Labute approximate surface area is 704 Å². The molecule has 3 fully saturated rings. The first kappa shape index (κ1) is 86.9. The molecular weight excluding hydrogens is 1590 g/mol. The van der Waals surface area contributed by atoms with Crippen molar-refractivity contribution in [2.75, 3.05) is 19.8 Å². The summed E-state index contributed by atoms with van der Waals surface area (Å²) >= 11 is 0. The van der Waals surface area contributed by atoms with E-state index in [1.54, 1.807) is 109 Å². The van der Waals surface area contributed by atoms with Gasteiger partial charge in [0.05, 0.1) is 56.7 Å². The Morgan fingerprint density at radius 3 is 0.976 bits per heavy atom. The van der Waals surface area contributed by atoms with Crippen molar-refractivity contribution >= 4 is 65.7 Å². The zero-order valence-electron chi connectivity index (χ0n) is 65.9. The van der Waals surface area contributed by atoms with E-state index in [9.17, 15) is 33.9 Å². The number of aliphatic hydroxyl groups excluding tert-OH is 1. The van der Waals surface area contributed by atoms with E-state index in [1.165, 1.54) is 194 Å². The SMILES string of the molecule is CC(=O)OC[C@H](OC(C)=O)[C@H]1O[C@@H](O)[C@@H](OCc2ccccc2)[C@@H](O[C@H]2O[C@H]([C@H](COC(=O)c3ccccc3)OC(=O)c3ccccc3)[C@@H](OC(=O)c3ccccc3)[C@H](OC(=O)c3ccccc3)[C@@H]2OC(=O)c2ccccc2)[C@@H]1O[C@@H]1O[C@H](COC(=O)c2ccccc2)[C@@H](OC(=O)c2ccccc2)[C@H](OC(=O)c2ccccc2)[C@H]1OC(=O)c1ccccc1. The average molecular weight is 1680 g/mol. The minimum absolute atomic E-state index is 0.00470. The van der Waals surface area contributed by atoms with Crippen LogP contribution in [0, 0.1) is 0 Å². The lowest BCUT2D eigenvalue weighted by atomic mass is 9.92. The fraction of sp³-hybridized carbons (Fsp3) is 0.245. The topological polar surface area (TPSA) is 365 Å². The van der Waals surface area contributed by atoms with Gasteiger partial charge in [-0.2, -0.15) is 0 Å². The average Bonchev–Trinajstić information content (AvgIpc) is 0.753. The van der Waals surface area contributed by atoms with E-state index in [0.29, 0.717) is 5.56 Å². The molecule has 0 radical (unpaired) electrons. The summed E-state index contributed by atoms with van der Waals surface area (Å²) in [6.07, 6.45) is -37.8. The van der Waals surface area contributed by atoms with Crippen molar-refractivity contribution in [3.8, 4) is 0 Å². The van der Waals surface area contributed by atoms with E-state index in [2.05, 4.69) is 0 Å². The minimum atomic E-state index is -2.51. The van der Waals surface area contributed by atoms with Gasteiger partial charge in [0.2, 0.25) is 0 Å². The van der Waals surface area contributed by atoms with E-state index >= 15 is 24.0 Å². The lowest BCUT2D eigenvalue weighted by Gasteiger charge is -2.51. The summed E-state index contributed by atoms with van der Waals surface area (Å²) in [7, 11) is 0. The highest BCUT2D eigenvalue weighted by Gasteiger charge is 2.62. The lowest BCUT2D eigenvalue weighted by Crippen LogP contribution is -2.70. The van der Waals surface area contributed by atoms with Crippen LogP contribution in [0.4, 0.5) is 0 Å². The molecule has 3 aliphatic rings. The van der Waals surface area contributed by atoms with Crippen molar-refractivity contribution in [1.82, 2.24) is 0 Å². The van der Waals surface area contributed by atoms with Gasteiger partial charge in [0, 0.05) is 13.8 Å². The van der Waals surface area contributed by atoms with Gasteiger partial charge in [-0.05, 0) is 115 Å². The first-order valence-electron chi connectivity index (χ1n) is 39.0. The van der Waals surface area contributed by atoms with Crippen LogP contribution in [0.3, 0.4) is 0 Å². The summed E-state index contributed by atoms with van der Waals surface area (Å²) in [6.45, 7) is -1.39. The molecule has 10 aromatic rings. The molecule has 0 unspecified atom stereocenters. The summed E-state index contributed by atoms with van der Waals surface area (Å²) < 4.78 is 112. The van der Waals surface area contributed by atoms with Gasteiger partial charge in [-0.25, -0.2) is 43.2 Å². The molecule has 29 nitrogen and oxygen atoms in total. The van der Waals surface area contributed by atoms with Gasteiger partial charge in [0.15, 0.2) is 67.7 Å². The number of carbonyl (C=O) groups is 11. The molecule has 0 aliphatic carbocycles. The second-order valence-corrected chi connectivity index (χ2v) is 28.1. The van der Waals surface area contributed by atoms with E-state index in [1.807, 2.05) is 0 Å². The molecule has 632 valence electrons. The maximum atomic E-state index is 15.4. The molecule has 10 aromatic carbocycles. The van der Waals surface area contributed by atoms with E-state index in [-0.39, 0.29) is 50.1 Å². The van der Waals surface area contributed by atoms with Crippen LogP contribution in [0.15, 0.2) is 303 Å². The molecule has 0 amide bonds. The van der Waals surface area contributed by atoms with Gasteiger partial charge in [-0.1, -0.05) is 194 Å². The first-order chi connectivity index (χ1) is 59.8. The van der Waals surface area contributed by atoms with Gasteiger partial charge < -0.3 is 85.6 Å². The second kappa shape index (κ2) is 42.3. The van der Waals surface area contributed by atoms with E-state index in [0.717, 1.165) is 13.8 Å². The van der Waals surface area contributed by atoms with Crippen LogP contribution in [-0.4, -0.2) is 195 Å². The highest BCUT2D eigenvalue weighted by Crippen LogP contribution is 2.42. The van der Waals surface area contributed by atoms with Crippen molar-refractivity contribution in [3.05, 3.63) is 359 Å². The second-order valence-electron chi connectivity index (χ2n) is 28.1. The van der Waals surface area contributed by atoms with Gasteiger partial charge in [0.1, 0.15) is 56.4 Å². The third-order valence-corrected chi connectivity index (χ3v) is 19.6. The number of rotatable bonds is 32. The van der Waals surface area contributed by atoms with Gasteiger partial charge in [0.25, 0.3) is 0 Å². The van der Waals surface area contributed by atoms with Gasteiger partial charge in [-0.15, -0.1) is 0 Å². The third-order valence-electron chi connectivity index (χ3n) is 19.6. The van der Waals surface area contributed by atoms with Crippen molar-refractivity contribution in [2.45, 2.75) is 125 Å². The third kappa shape index (κ3) is 23.0. The Morgan fingerprint density at radius 1 is 0.285 bits per heavy atom. The number of hydrogen-bond donors (Lipinski definition) is 1. The monoisotopic (exact) mass is 1670 g/mol. The van der Waals surface area contributed by atoms with Crippen LogP contribution in [0.5, 0.6) is 0 Å². The highest BCUT2D eigenvalue weighted by molar-refractivity contribution is 5.94. The smallest absolute Gasteiger partial charge is 0.338 e. The fourth-order valence-corrected chi connectivity index (χ4v) is 13.7. The Morgan fingerprint density at radius 2 is 0.585 bits per heavy atom. The van der Waals surface area contributed by atoms with Crippen molar-refractivity contribution < 1.29 is 138 Å². The van der Waals surface area contributed by atoms with Crippen LogP contribution in [0.1, 0.15) is 113 Å². The van der Waals surface area contributed by atoms with Crippen molar-refractivity contribution in [3.63, 3.8) is 0 Å². The van der Waals surface area contributed by atoms with Gasteiger partial charge >= 0.3 is 65.7 Å². The molecule has 0 bridgehead atoms. The molecule has 3 saturated heterocycles. The number of aliphatic hydroxyl groups is 1. The summed E-state index contributed by atoms with van der Waals surface area (Å²) in [5.74, 6) is -12.1. The Bertz CT molecular complexity index is 5200. The molecule has 29 heteroatoms. The predicted octanol–water partition coefficient (Wildman–Crippen LogP) is 11.3. The molecular formula is C94H82O29. The maximum absolute atomic E-state index is 15.4. The zero-order chi connectivity index (χ0) is 86.1. The summed E-state index contributed by atoms with van der Waals surface area (Å²) in [6, 6.07) is 75.1. The van der Waals surface area contributed by atoms with Crippen LogP contribution < -0.4 is 0 Å². The molecule has 3 heterocycles. The molecule has 13 rings (SSSR count). The Balaban J connectivity index is 1.05. The zero-order valence-corrected chi connectivity index (χ0v) is 65.9. The van der Waals surface area contributed by atoms with Crippen LogP contribution in [0.25, 0.3) is 0 Å². The summed E-state index contributed by atoms with van der Waals surface area (Å²) in [5, 5.41) is 13.1. The molecule has 1 N–H and O–H groups in total. The van der Waals surface area contributed by atoms with Crippen LogP contribution >= 0.6 is 0 Å². The Hall–Kier alpha value is -13.9. The molecule has 0 spiro atoms. The summed E-state index contributed by atoms with van der Waals surface area (Å²) in [5.41, 5.74) is -0.449. The van der Waals surface area contributed by atoms with Crippen molar-refractivity contribution in [1.29, 1.82) is 0 Å². The van der Waals surface area contributed by atoms with Crippen molar-refractivity contribution in [2.24, 2.45) is 0 Å². The lowest BCUT2D eigenvalue weighted by molar-refractivity contribution is -0.391. The minimum Gasteiger partial charge on any atom is -0.462 e. The molecule has 17 atom stereocenters. The molecule has 0 saturated carbocycles. The Kier molecular flexibility index (Phi) is 29.9. The standard InChI is InChI=1S/C94H82O29/c1-57(95)107-54-69(111-58(2)96)72-76(122-93-81(119-90(104)67-49-29-11-30-50-67)77(117-88(102)65-45-25-9-26-46-65)73(114-86(100)63-41-21-7-22-42-63)71(113-93)56-110-84(98)61-37-17-5-18-38-61)78(80(92(106)115-72)108-53-59-33-13-3-14-34-59)123-94-82(120-91(105)68-51-31-12-32-52-68)79(118-89(103)66-47-27-10-28-48-66)75(116-87(101)64-43-23-8-24-44-64)74(121-94)70(112-85(99)62-39-19-6-20-40-62)55-109-83(97)60-35-15-4-16-36-60/h3-52,69-82,92-94,106H,53-56H2,1-2H3/t69-,70-,71+,72+,73+,74+,75+,76+,77-,78-,79-,80-,81+,82-,92+,93-,94+/m0/s1. The van der Waals surface area contributed by atoms with Crippen LogP contribution in [0.2, 0.25) is 0 Å². The highest BCUT2D eigenvalue weighted by atomic mass is 16.8. The van der Waals surface area contributed by atoms with Crippen LogP contribution in [-0.2, 0) is 96.7 Å². The first-order valence-corrected chi connectivity index (χ1v) is 39.0. The number of esters is 11. The number of carbonyl (C=O) groups excluding carboxylic acids is 11.